The van der Waals surface area contributed by atoms with Crippen LogP contribution in [0, 0.1) is 0 Å². The number of carbonyl (C=O) groups excluding carboxylic acids is 2. The fourth-order valence-electron chi connectivity index (χ4n) is 2.47. The molecule has 0 spiro atoms. The largest absolute Gasteiger partial charge is 0.487 e. The maximum Gasteiger partial charge on any atom is 0.487 e. The normalized spacial score (nSPS) is 18.6. The monoisotopic (exact) mass is 439 g/mol. The molecule has 1 aliphatic rings. The van der Waals surface area contributed by atoms with Crippen molar-refractivity contribution in [2.75, 3.05) is 12.4 Å². The van der Waals surface area contributed by atoms with Gasteiger partial charge in [-0.2, -0.15) is 0 Å². The molecule has 0 aromatic heterocycles. The van der Waals surface area contributed by atoms with E-state index in [0.29, 0.717) is 16.5 Å². The van der Waals surface area contributed by atoms with Crippen molar-refractivity contribution in [3.8, 4) is 5.75 Å². The zero-order valence-electron chi connectivity index (χ0n) is 15.1. The molecule has 2 aromatic carbocycles. The van der Waals surface area contributed by atoms with Crippen molar-refractivity contribution in [3.05, 3.63) is 54.6 Å². The van der Waals surface area contributed by atoms with Crippen LogP contribution < -0.4 is 10.1 Å². The van der Waals surface area contributed by atoms with E-state index in [4.69, 9.17) is 11.6 Å². The van der Waals surface area contributed by atoms with E-state index in [-0.39, 0.29) is 18.1 Å². The van der Waals surface area contributed by atoms with Gasteiger partial charge in [0.15, 0.2) is 5.17 Å². The average molecular weight is 440 g/mol. The Balaban J connectivity index is 1.69. The lowest BCUT2D eigenvalue weighted by molar-refractivity contribution is -0.128. The molecule has 3 rings (SSSR count). The van der Waals surface area contributed by atoms with Gasteiger partial charge in [0.25, 0.3) is 0 Å². The van der Waals surface area contributed by atoms with Crippen LogP contribution in [0.2, 0.25) is 0 Å². The Bertz CT molecular complexity index is 921. The highest BCUT2D eigenvalue weighted by molar-refractivity contribution is 8.15. The molecule has 0 radical (unpaired) electrons. The number of hydrogen-bond donors (Lipinski definition) is 1. The average Bonchev–Trinajstić information content (AvgIpc) is 2.66. The Labute approximate surface area is 174 Å². The summed E-state index contributed by atoms with van der Waals surface area (Å²) in [5.41, 5.74) is -2.78. The van der Waals surface area contributed by atoms with Crippen molar-refractivity contribution in [1.29, 1.82) is 0 Å². The van der Waals surface area contributed by atoms with Crippen LogP contribution in [0.5, 0.6) is 5.75 Å². The van der Waals surface area contributed by atoms with Crippen molar-refractivity contribution < 1.29 is 23.1 Å². The number of hydrogen-bond acceptors (Lipinski definition) is 5. The van der Waals surface area contributed by atoms with Gasteiger partial charge in [0, 0.05) is 30.8 Å². The highest BCUT2D eigenvalue weighted by Crippen LogP contribution is 2.30. The highest BCUT2D eigenvalue weighted by atomic mass is 35.5. The number of nitrogens with zero attached hydrogens (tertiary/aromatic N) is 2. The highest BCUT2D eigenvalue weighted by Gasteiger charge is 2.34. The molecule has 1 heterocycles. The summed E-state index contributed by atoms with van der Waals surface area (Å²) in [5.74, 6) is -0.774. The third-order valence-corrected chi connectivity index (χ3v) is 5.22. The number of nitrogens with one attached hydrogen (secondary N) is 1. The Morgan fingerprint density at radius 2 is 1.90 bits per heavy atom. The number of halogens is 3. The van der Waals surface area contributed by atoms with Gasteiger partial charge in [0.05, 0.1) is 5.69 Å². The second-order valence-corrected chi connectivity index (χ2v) is 7.66. The maximum atomic E-state index is 12.6. The molecule has 0 bridgehead atoms. The van der Waals surface area contributed by atoms with E-state index in [1.165, 1.54) is 40.9 Å². The van der Waals surface area contributed by atoms with Crippen molar-refractivity contribution in [2.24, 2.45) is 4.99 Å². The first-order valence-electron chi connectivity index (χ1n) is 8.45. The molecule has 2 amide bonds. The lowest BCUT2D eigenvalue weighted by atomic mass is 10.2. The van der Waals surface area contributed by atoms with Crippen LogP contribution in [0.25, 0.3) is 0 Å². The summed E-state index contributed by atoms with van der Waals surface area (Å²) >= 11 is 5.89. The minimum absolute atomic E-state index is 0.0144. The summed E-state index contributed by atoms with van der Waals surface area (Å²) in [6, 6.07) is 14.4. The van der Waals surface area contributed by atoms with Gasteiger partial charge < -0.3 is 10.1 Å². The first kappa shape index (κ1) is 21.1. The fraction of sp³-hybridized carbons (Fsp3) is 0.211. The molecular formula is C19H16ClF2N3O3S. The van der Waals surface area contributed by atoms with Crippen LogP contribution >= 0.6 is 23.4 Å². The number of anilines is 1. The molecule has 0 aliphatic carbocycles. The van der Waals surface area contributed by atoms with Crippen LogP contribution in [0.15, 0.2) is 59.6 Å². The van der Waals surface area contributed by atoms with Gasteiger partial charge in [-0.05, 0) is 36.4 Å². The van der Waals surface area contributed by atoms with Crippen LogP contribution in [-0.4, -0.2) is 39.7 Å². The van der Waals surface area contributed by atoms with Gasteiger partial charge in [0.1, 0.15) is 11.0 Å². The minimum Gasteiger partial charge on any atom is -0.420 e. The number of amides is 2. The third-order valence-electron chi connectivity index (χ3n) is 3.90. The predicted molar refractivity (Wildman–Crippen MR) is 109 cm³/mol. The Hall–Kier alpha value is -2.65. The first-order valence-corrected chi connectivity index (χ1v) is 9.71. The summed E-state index contributed by atoms with van der Waals surface area (Å²) in [4.78, 5) is 30.7. The smallest absolute Gasteiger partial charge is 0.420 e. The Morgan fingerprint density at radius 3 is 2.52 bits per heavy atom. The van der Waals surface area contributed by atoms with Crippen molar-refractivity contribution in [1.82, 2.24) is 4.90 Å². The van der Waals surface area contributed by atoms with Gasteiger partial charge in [-0.25, -0.2) is 4.99 Å². The van der Waals surface area contributed by atoms with Crippen LogP contribution in [0.4, 0.5) is 20.2 Å². The van der Waals surface area contributed by atoms with Gasteiger partial charge in [0.2, 0.25) is 11.8 Å². The molecule has 1 aliphatic heterocycles. The summed E-state index contributed by atoms with van der Waals surface area (Å²) in [7, 11) is 1.61. The number of para-hydroxylation sites is 1. The molecule has 1 saturated heterocycles. The molecule has 1 fully saturated rings. The van der Waals surface area contributed by atoms with Crippen molar-refractivity contribution in [3.63, 3.8) is 0 Å². The summed E-state index contributed by atoms with van der Waals surface area (Å²) in [6.07, 6.45) is 0.0144. The Kier molecular flexibility index (Phi) is 6.39. The van der Waals surface area contributed by atoms with Crippen molar-refractivity contribution >= 4 is 51.7 Å². The minimum atomic E-state index is -3.82. The first-order chi connectivity index (χ1) is 13.7. The quantitative estimate of drug-likeness (QED) is 0.699. The molecule has 6 nitrogen and oxygen atoms in total. The van der Waals surface area contributed by atoms with Crippen LogP contribution in [-0.2, 0) is 9.59 Å². The Morgan fingerprint density at radius 1 is 1.24 bits per heavy atom. The number of amidine groups is 1. The number of benzene rings is 2. The molecule has 1 unspecified atom stereocenters. The topological polar surface area (TPSA) is 71.0 Å². The number of rotatable bonds is 5. The zero-order chi connectivity index (χ0) is 21.0. The predicted octanol–water partition coefficient (Wildman–Crippen LogP) is 4.44. The molecule has 10 heteroatoms. The van der Waals surface area contributed by atoms with Gasteiger partial charge in [-0.15, -0.1) is 8.78 Å². The van der Waals surface area contributed by atoms with E-state index in [0.717, 1.165) is 0 Å². The summed E-state index contributed by atoms with van der Waals surface area (Å²) < 4.78 is 29.5. The molecule has 1 N–H and O–H groups in total. The number of ether oxygens (including phenoxy) is 1. The lowest BCUT2D eigenvalue weighted by Gasteiger charge is -2.28. The van der Waals surface area contributed by atoms with Crippen LogP contribution in [0.3, 0.4) is 0 Å². The second kappa shape index (κ2) is 8.79. The van der Waals surface area contributed by atoms with E-state index in [1.807, 2.05) is 18.2 Å². The van der Waals surface area contributed by atoms with E-state index in [9.17, 15) is 18.4 Å². The van der Waals surface area contributed by atoms with E-state index >= 15 is 0 Å². The molecular weight excluding hydrogens is 424 g/mol. The summed E-state index contributed by atoms with van der Waals surface area (Å²) in [6.45, 7) is 0. The van der Waals surface area contributed by atoms with Crippen LogP contribution in [0.1, 0.15) is 6.42 Å². The van der Waals surface area contributed by atoms with Crippen molar-refractivity contribution in [2.45, 2.75) is 17.2 Å². The molecule has 29 heavy (non-hydrogen) atoms. The van der Waals surface area contributed by atoms with E-state index < -0.39 is 16.7 Å². The summed E-state index contributed by atoms with van der Waals surface area (Å²) in [5, 5.41) is 2.40. The standard InChI is InChI=1S/C19H16ClF2N3O3S/c1-25-16(26)11-15(29-18(25)24-12-5-3-2-4-6-12)17(27)23-13-7-9-14(10-8-13)28-19(20,21)22/h2-10,15H,11H2,1H3,(H,23,27). The molecule has 1 atom stereocenters. The van der Waals surface area contributed by atoms with Gasteiger partial charge >= 0.3 is 5.57 Å². The number of thioether (sulfide) groups is 1. The lowest BCUT2D eigenvalue weighted by Crippen LogP contribution is -2.43. The van der Waals surface area contributed by atoms with Gasteiger partial charge in [-0.3, -0.25) is 14.5 Å². The number of carbonyl (C=O) groups is 2. The van der Waals surface area contributed by atoms with E-state index in [1.54, 1.807) is 19.2 Å². The molecule has 152 valence electrons. The maximum absolute atomic E-state index is 12.6. The number of alkyl halides is 3. The number of aliphatic imine (C=N–C) groups is 1. The second-order valence-electron chi connectivity index (χ2n) is 6.05. The fourth-order valence-corrected chi connectivity index (χ4v) is 3.63. The SMILES string of the molecule is CN1C(=O)CC(C(=O)Nc2ccc(OC(F)(F)Cl)cc2)SC1=Nc1ccccc1. The third kappa shape index (κ3) is 5.91. The van der Waals surface area contributed by atoms with Gasteiger partial charge in [-0.1, -0.05) is 30.0 Å². The van der Waals surface area contributed by atoms with E-state index in [2.05, 4.69) is 15.0 Å². The molecule has 2 aromatic rings. The molecule has 0 saturated carbocycles. The zero-order valence-corrected chi connectivity index (χ0v) is 16.7.